The maximum absolute atomic E-state index is 13.5. The molecule has 4 heteroatoms. The molecule has 0 bridgehead atoms. The van der Waals surface area contributed by atoms with Crippen LogP contribution in [0, 0.1) is 5.82 Å². The average Bonchev–Trinajstić information content (AvgIpc) is 2.48. The third kappa shape index (κ3) is 3.33. The van der Waals surface area contributed by atoms with Crippen molar-refractivity contribution in [1.29, 1.82) is 0 Å². The van der Waals surface area contributed by atoms with Crippen LogP contribution >= 0.6 is 0 Å². The van der Waals surface area contributed by atoms with E-state index >= 15 is 0 Å². The van der Waals surface area contributed by atoms with Gasteiger partial charge in [0.15, 0.2) is 0 Å². The van der Waals surface area contributed by atoms with E-state index in [1.165, 1.54) is 6.07 Å². The molecule has 0 radical (unpaired) electrons. The molecule has 0 saturated heterocycles. The van der Waals surface area contributed by atoms with Crippen molar-refractivity contribution in [1.82, 2.24) is 10.3 Å². The molecule has 20 heavy (non-hydrogen) atoms. The Morgan fingerprint density at radius 3 is 2.90 bits per heavy atom. The summed E-state index contributed by atoms with van der Waals surface area (Å²) in [5.74, 6) is 0.462. The normalized spacial score (nSPS) is 12.2. The standard InChI is InChI=1S/C16H19FN2O/c1-3-8-19-16(12-5-4-6-13(17)10-12)14-7-9-18-11-15(14)20-2/h4-7,9-11,16,19H,3,8H2,1-2H3. The highest BCUT2D eigenvalue weighted by atomic mass is 19.1. The summed E-state index contributed by atoms with van der Waals surface area (Å²) in [6.45, 7) is 2.94. The van der Waals surface area contributed by atoms with Crippen LogP contribution in [0.25, 0.3) is 0 Å². The minimum atomic E-state index is -0.237. The quantitative estimate of drug-likeness (QED) is 0.877. The first kappa shape index (κ1) is 14.5. The maximum atomic E-state index is 13.5. The largest absolute Gasteiger partial charge is 0.495 e. The van der Waals surface area contributed by atoms with Crippen molar-refractivity contribution in [2.24, 2.45) is 0 Å². The molecule has 3 nitrogen and oxygen atoms in total. The number of halogens is 1. The first-order valence-electron chi connectivity index (χ1n) is 6.73. The number of pyridine rings is 1. The van der Waals surface area contributed by atoms with E-state index < -0.39 is 0 Å². The van der Waals surface area contributed by atoms with Crippen molar-refractivity contribution in [2.75, 3.05) is 13.7 Å². The highest BCUT2D eigenvalue weighted by Crippen LogP contribution is 2.29. The Kier molecular flexibility index (Phi) is 5.07. The smallest absolute Gasteiger partial charge is 0.142 e. The molecule has 0 aliphatic rings. The summed E-state index contributed by atoms with van der Waals surface area (Å²) in [6.07, 6.45) is 4.40. The van der Waals surface area contributed by atoms with Gasteiger partial charge in [-0.2, -0.15) is 0 Å². The molecule has 1 heterocycles. The van der Waals surface area contributed by atoms with E-state index in [1.807, 2.05) is 12.1 Å². The van der Waals surface area contributed by atoms with Crippen LogP contribution < -0.4 is 10.1 Å². The van der Waals surface area contributed by atoms with Crippen LogP contribution in [0.5, 0.6) is 5.75 Å². The molecule has 1 aromatic carbocycles. The number of hydrogen-bond donors (Lipinski definition) is 1. The molecule has 0 aliphatic carbocycles. The predicted molar refractivity (Wildman–Crippen MR) is 77.3 cm³/mol. The lowest BCUT2D eigenvalue weighted by molar-refractivity contribution is 0.401. The minimum Gasteiger partial charge on any atom is -0.495 e. The van der Waals surface area contributed by atoms with E-state index in [1.54, 1.807) is 31.6 Å². The van der Waals surface area contributed by atoms with Gasteiger partial charge in [-0.3, -0.25) is 4.98 Å². The second-order valence-corrected chi connectivity index (χ2v) is 4.56. The number of nitrogens with one attached hydrogen (secondary N) is 1. The monoisotopic (exact) mass is 274 g/mol. The average molecular weight is 274 g/mol. The molecular formula is C16H19FN2O. The van der Waals surface area contributed by atoms with E-state index in [9.17, 15) is 4.39 Å². The van der Waals surface area contributed by atoms with Gasteiger partial charge in [-0.1, -0.05) is 19.1 Å². The van der Waals surface area contributed by atoms with Gasteiger partial charge < -0.3 is 10.1 Å². The van der Waals surface area contributed by atoms with Crippen LogP contribution in [0.3, 0.4) is 0 Å². The molecule has 0 amide bonds. The highest BCUT2D eigenvalue weighted by Gasteiger charge is 2.18. The predicted octanol–water partition coefficient (Wildman–Crippen LogP) is 3.32. The summed E-state index contributed by atoms with van der Waals surface area (Å²) in [4.78, 5) is 4.06. The Morgan fingerprint density at radius 2 is 2.20 bits per heavy atom. The van der Waals surface area contributed by atoms with Crippen LogP contribution in [0.2, 0.25) is 0 Å². The van der Waals surface area contributed by atoms with Crippen molar-refractivity contribution >= 4 is 0 Å². The highest BCUT2D eigenvalue weighted by molar-refractivity contribution is 5.39. The fourth-order valence-corrected chi connectivity index (χ4v) is 2.18. The summed E-state index contributed by atoms with van der Waals surface area (Å²) < 4.78 is 18.8. The van der Waals surface area contributed by atoms with Gasteiger partial charge in [0, 0.05) is 11.8 Å². The van der Waals surface area contributed by atoms with Gasteiger partial charge in [-0.05, 0) is 36.7 Å². The molecule has 2 rings (SSSR count). The van der Waals surface area contributed by atoms with Gasteiger partial charge in [0.25, 0.3) is 0 Å². The Labute approximate surface area is 118 Å². The Balaban J connectivity index is 2.41. The molecule has 2 aromatic rings. The number of benzene rings is 1. The van der Waals surface area contributed by atoms with Gasteiger partial charge in [-0.25, -0.2) is 4.39 Å². The van der Waals surface area contributed by atoms with Crippen molar-refractivity contribution in [3.05, 3.63) is 59.7 Å². The molecule has 1 N–H and O–H groups in total. The summed E-state index contributed by atoms with van der Waals surface area (Å²) in [5.41, 5.74) is 1.84. The van der Waals surface area contributed by atoms with Crippen molar-refractivity contribution in [3.8, 4) is 5.75 Å². The number of aromatic nitrogens is 1. The summed E-state index contributed by atoms with van der Waals surface area (Å²) in [5, 5.41) is 3.43. The lowest BCUT2D eigenvalue weighted by Gasteiger charge is -2.21. The summed E-state index contributed by atoms with van der Waals surface area (Å²) in [7, 11) is 1.61. The molecule has 106 valence electrons. The Morgan fingerprint density at radius 1 is 1.35 bits per heavy atom. The van der Waals surface area contributed by atoms with Crippen molar-refractivity contribution in [2.45, 2.75) is 19.4 Å². The summed E-state index contributed by atoms with van der Waals surface area (Å²) >= 11 is 0. The molecule has 0 saturated carbocycles. The number of rotatable bonds is 6. The zero-order valence-electron chi connectivity index (χ0n) is 11.8. The molecule has 0 spiro atoms. The second-order valence-electron chi connectivity index (χ2n) is 4.56. The zero-order valence-corrected chi connectivity index (χ0v) is 11.8. The Hall–Kier alpha value is -1.94. The van der Waals surface area contributed by atoms with E-state index in [0.29, 0.717) is 5.75 Å². The second kappa shape index (κ2) is 7.01. The molecule has 1 aromatic heterocycles. The fraction of sp³-hybridized carbons (Fsp3) is 0.312. The fourth-order valence-electron chi connectivity index (χ4n) is 2.18. The van der Waals surface area contributed by atoms with Gasteiger partial charge in [0.1, 0.15) is 11.6 Å². The lowest BCUT2D eigenvalue weighted by Crippen LogP contribution is -2.23. The molecule has 0 fully saturated rings. The van der Waals surface area contributed by atoms with Gasteiger partial charge in [0.05, 0.1) is 19.3 Å². The van der Waals surface area contributed by atoms with Crippen LogP contribution in [0.15, 0.2) is 42.7 Å². The van der Waals surface area contributed by atoms with Crippen LogP contribution in [-0.2, 0) is 0 Å². The van der Waals surface area contributed by atoms with Crippen LogP contribution in [0.1, 0.15) is 30.5 Å². The molecule has 1 unspecified atom stereocenters. The maximum Gasteiger partial charge on any atom is 0.142 e. The minimum absolute atomic E-state index is 0.108. The molecule has 0 aliphatic heterocycles. The van der Waals surface area contributed by atoms with Gasteiger partial charge in [0.2, 0.25) is 0 Å². The van der Waals surface area contributed by atoms with E-state index in [0.717, 1.165) is 24.1 Å². The summed E-state index contributed by atoms with van der Waals surface area (Å²) in [6, 6.07) is 8.42. The Bertz CT molecular complexity index is 560. The van der Waals surface area contributed by atoms with Crippen LogP contribution in [-0.4, -0.2) is 18.6 Å². The number of methoxy groups -OCH3 is 1. The van der Waals surface area contributed by atoms with E-state index in [2.05, 4.69) is 17.2 Å². The first-order chi connectivity index (χ1) is 9.76. The molecule has 1 atom stereocenters. The molecular weight excluding hydrogens is 255 g/mol. The first-order valence-corrected chi connectivity index (χ1v) is 6.73. The van der Waals surface area contributed by atoms with E-state index in [4.69, 9.17) is 4.74 Å². The third-order valence-corrected chi connectivity index (χ3v) is 3.13. The topological polar surface area (TPSA) is 34.2 Å². The number of ether oxygens (including phenoxy) is 1. The lowest BCUT2D eigenvalue weighted by atomic mass is 9.98. The van der Waals surface area contributed by atoms with Gasteiger partial charge in [-0.15, -0.1) is 0 Å². The van der Waals surface area contributed by atoms with Crippen molar-refractivity contribution < 1.29 is 9.13 Å². The number of hydrogen-bond acceptors (Lipinski definition) is 3. The zero-order chi connectivity index (χ0) is 14.4. The van der Waals surface area contributed by atoms with Crippen molar-refractivity contribution in [3.63, 3.8) is 0 Å². The number of nitrogens with zero attached hydrogens (tertiary/aromatic N) is 1. The third-order valence-electron chi connectivity index (χ3n) is 3.13. The van der Waals surface area contributed by atoms with E-state index in [-0.39, 0.29) is 11.9 Å². The van der Waals surface area contributed by atoms with Crippen LogP contribution in [0.4, 0.5) is 4.39 Å². The van der Waals surface area contributed by atoms with Gasteiger partial charge >= 0.3 is 0 Å². The SMILES string of the molecule is CCCNC(c1cccc(F)c1)c1ccncc1OC.